The van der Waals surface area contributed by atoms with Gasteiger partial charge in [0.1, 0.15) is 11.7 Å². The predicted molar refractivity (Wildman–Crippen MR) is 164 cm³/mol. The summed E-state index contributed by atoms with van der Waals surface area (Å²) in [4.78, 5) is 65.1. The average Bonchev–Trinajstić information content (AvgIpc) is 3.30. The Morgan fingerprint density at radius 1 is 0.935 bits per heavy atom. The van der Waals surface area contributed by atoms with Gasteiger partial charge in [0.25, 0.3) is 0 Å². The molecule has 8 atom stereocenters. The molecule has 46 heavy (non-hydrogen) atoms. The van der Waals surface area contributed by atoms with Gasteiger partial charge in [-0.25, -0.2) is 9.59 Å². The lowest BCUT2D eigenvalue weighted by Gasteiger charge is -2.41. The maximum atomic E-state index is 13.3. The smallest absolute Gasteiger partial charge is 0.341 e. The molecule has 1 aliphatic heterocycles. The molecule has 0 bridgehead atoms. The van der Waals surface area contributed by atoms with Crippen molar-refractivity contribution >= 4 is 29.8 Å². The van der Waals surface area contributed by atoms with Gasteiger partial charge in [-0.1, -0.05) is 45.6 Å². The molecule has 2 aliphatic carbocycles. The molecule has 7 unspecified atom stereocenters. The highest BCUT2D eigenvalue weighted by atomic mass is 16.6. The minimum Gasteiger partial charge on any atom is -0.459 e. The van der Waals surface area contributed by atoms with Crippen molar-refractivity contribution in [3.8, 4) is 0 Å². The third-order valence-electron chi connectivity index (χ3n) is 9.51. The Balaban J connectivity index is 2.23. The van der Waals surface area contributed by atoms with Crippen LogP contribution in [0.5, 0.6) is 0 Å². The fraction of sp³-hybridized carbons (Fsp3) is 0.735. The van der Waals surface area contributed by atoms with E-state index in [0.29, 0.717) is 12.8 Å². The highest BCUT2D eigenvalue weighted by molar-refractivity contribution is 5.88. The van der Waals surface area contributed by atoms with E-state index in [9.17, 15) is 34.2 Å². The SMILES string of the molecule is C/C=C(/C)C(=O)OC1C(C)=C2C(C1OC(=O)CCCCCCC)C(C)(OC(C)=O)CC(OC(=O)CCC)C1(O)C2OC(=O)[C@@]1(C)O. The zero-order chi connectivity index (χ0) is 34.6. The summed E-state index contributed by atoms with van der Waals surface area (Å²) in [6, 6.07) is 0. The summed E-state index contributed by atoms with van der Waals surface area (Å²) in [5.41, 5.74) is -6.12. The maximum Gasteiger partial charge on any atom is 0.341 e. The monoisotopic (exact) mass is 650 g/mol. The van der Waals surface area contributed by atoms with E-state index in [-0.39, 0.29) is 29.6 Å². The molecule has 0 amide bonds. The molecule has 3 aliphatic rings. The lowest BCUT2D eigenvalue weighted by molar-refractivity contribution is -0.212. The van der Waals surface area contributed by atoms with Crippen LogP contribution in [0, 0.1) is 5.92 Å². The second-order valence-electron chi connectivity index (χ2n) is 13.1. The van der Waals surface area contributed by atoms with Crippen molar-refractivity contribution in [3.05, 3.63) is 22.8 Å². The molecule has 0 spiro atoms. The minimum atomic E-state index is -2.57. The Kier molecular flexibility index (Phi) is 11.9. The van der Waals surface area contributed by atoms with E-state index in [2.05, 4.69) is 6.92 Å². The maximum absolute atomic E-state index is 13.3. The molecule has 3 rings (SSSR count). The van der Waals surface area contributed by atoms with Crippen molar-refractivity contribution in [2.24, 2.45) is 5.92 Å². The van der Waals surface area contributed by atoms with Crippen molar-refractivity contribution in [1.82, 2.24) is 0 Å². The molecule has 258 valence electrons. The minimum absolute atomic E-state index is 0.0234. The van der Waals surface area contributed by atoms with Crippen LogP contribution in [-0.2, 0) is 47.7 Å². The van der Waals surface area contributed by atoms with Gasteiger partial charge in [-0.05, 0) is 58.6 Å². The highest BCUT2D eigenvalue weighted by Gasteiger charge is 2.76. The Hall–Kier alpha value is -3.25. The lowest BCUT2D eigenvalue weighted by Crippen LogP contribution is -2.64. The fourth-order valence-electron chi connectivity index (χ4n) is 6.90. The van der Waals surface area contributed by atoms with Crippen LogP contribution in [0.3, 0.4) is 0 Å². The fourth-order valence-corrected chi connectivity index (χ4v) is 6.90. The quantitative estimate of drug-likeness (QED) is 0.0969. The standard InChI is InChI=1S/C34H50O12/c1-9-12-13-14-15-17-24(37)43-28-26-25(20(5)27(28)44-30(38)19(4)11-3)29-34(41,33(8,40)31(39)45-29)22(42-23(36)16-10-2)18-32(26,7)46-21(6)35/h11,22,26-29,40-41H,9-10,12-18H2,1-8H3/b19-11-/t22?,26?,27?,28?,29?,32?,33-,34?/m1/s1. The summed E-state index contributed by atoms with van der Waals surface area (Å²) in [7, 11) is 0. The molecule has 0 aromatic heterocycles. The molecule has 12 heteroatoms. The van der Waals surface area contributed by atoms with Crippen molar-refractivity contribution in [3.63, 3.8) is 0 Å². The van der Waals surface area contributed by atoms with E-state index >= 15 is 0 Å². The summed E-state index contributed by atoms with van der Waals surface area (Å²) >= 11 is 0. The summed E-state index contributed by atoms with van der Waals surface area (Å²) in [6.07, 6.45) is 0.272. The highest BCUT2D eigenvalue weighted by Crippen LogP contribution is 2.57. The van der Waals surface area contributed by atoms with Crippen LogP contribution in [0.2, 0.25) is 0 Å². The van der Waals surface area contributed by atoms with Crippen LogP contribution in [0.15, 0.2) is 22.8 Å². The number of hydrogen-bond acceptors (Lipinski definition) is 12. The number of unbranched alkanes of at least 4 members (excludes halogenated alkanes) is 4. The Morgan fingerprint density at radius 3 is 2.15 bits per heavy atom. The van der Waals surface area contributed by atoms with Crippen LogP contribution in [0.1, 0.15) is 113 Å². The van der Waals surface area contributed by atoms with Gasteiger partial charge in [0.2, 0.25) is 0 Å². The normalized spacial score (nSPS) is 33.8. The van der Waals surface area contributed by atoms with E-state index in [1.807, 2.05) is 0 Å². The first kappa shape index (κ1) is 37.2. The molecule has 0 aromatic carbocycles. The third-order valence-corrected chi connectivity index (χ3v) is 9.51. The second-order valence-corrected chi connectivity index (χ2v) is 13.1. The van der Waals surface area contributed by atoms with Gasteiger partial charge in [-0.2, -0.15) is 0 Å². The molecule has 1 saturated carbocycles. The molecule has 0 aromatic rings. The number of allylic oxidation sites excluding steroid dienone is 1. The number of carbonyl (C=O) groups is 5. The summed E-state index contributed by atoms with van der Waals surface area (Å²) < 4.78 is 29.3. The van der Waals surface area contributed by atoms with Crippen molar-refractivity contribution < 1.29 is 57.9 Å². The molecule has 2 N–H and O–H groups in total. The lowest BCUT2D eigenvalue weighted by atomic mass is 9.75. The molecular weight excluding hydrogens is 600 g/mol. The second kappa shape index (κ2) is 14.7. The van der Waals surface area contributed by atoms with E-state index in [0.717, 1.165) is 32.6 Å². The van der Waals surface area contributed by atoms with Gasteiger partial charge in [0.05, 0.1) is 5.92 Å². The van der Waals surface area contributed by atoms with Gasteiger partial charge < -0.3 is 33.9 Å². The Labute approximate surface area is 270 Å². The number of fused-ring (bicyclic) bond motifs is 3. The summed E-state index contributed by atoms with van der Waals surface area (Å²) in [5.74, 6) is -5.03. The van der Waals surface area contributed by atoms with Crippen LogP contribution < -0.4 is 0 Å². The van der Waals surface area contributed by atoms with E-state index in [4.69, 9.17) is 23.7 Å². The largest absolute Gasteiger partial charge is 0.459 e. The number of esters is 5. The third kappa shape index (κ3) is 7.02. The van der Waals surface area contributed by atoms with Crippen LogP contribution in [0.25, 0.3) is 0 Å². The van der Waals surface area contributed by atoms with Crippen LogP contribution >= 0.6 is 0 Å². The number of rotatable bonds is 13. The van der Waals surface area contributed by atoms with Crippen LogP contribution in [0.4, 0.5) is 0 Å². The zero-order valence-corrected chi connectivity index (χ0v) is 28.3. The van der Waals surface area contributed by atoms with Gasteiger partial charge in [-0.15, -0.1) is 0 Å². The van der Waals surface area contributed by atoms with Crippen molar-refractivity contribution in [1.29, 1.82) is 0 Å². The van der Waals surface area contributed by atoms with Gasteiger partial charge in [0, 0.05) is 31.8 Å². The number of hydrogen-bond donors (Lipinski definition) is 2. The van der Waals surface area contributed by atoms with E-state index in [1.54, 1.807) is 33.8 Å². The van der Waals surface area contributed by atoms with Gasteiger partial charge >= 0.3 is 29.8 Å². The Bertz CT molecular complexity index is 1260. The number of ether oxygens (including phenoxy) is 5. The predicted octanol–water partition coefficient (Wildman–Crippen LogP) is 3.93. The molecule has 2 fully saturated rings. The average molecular weight is 651 g/mol. The zero-order valence-electron chi connectivity index (χ0n) is 28.3. The summed E-state index contributed by atoms with van der Waals surface area (Å²) in [5, 5.41) is 23.9. The number of carbonyl (C=O) groups excluding carboxylic acids is 5. The van der Waals surface area contributed by atoms with Crippen molar-refractivity contribution in [2.45, 2.75) is 154 Å². The van der Waals surface area contributed by atoms with Crippen LogP contribution in [-0.4, -0.2) is 81.3 Å². The van der Waals surface area contributed by atoms with E-state index in [1.165, 1.54) is 13.8 Å². The molecular formula is C34H50O12. The first-order valence-corrected chi connectivity index (χ1v) is 16.3. The first-order valence-electron chi connectivity index (χ1n) is 16.3. The first-order chi connectivity index (χ1) is 21.5. The van der Waals surface area contributed by atoms with Crippen molar-refractivity contribution in [2.75, 3.05) is 0 Å². The molecule has 1 saturated heterocycles. The van der Waals surface area contributed by atoms with Gasteiger partial charge in [-0.3, -0.25) is 14.4 Å². The number of aliphatic hydroxyl groups is 2. The molecule has 1 heterocycles. The molecule has 0 radical (unpaired) electrons. The van der Waals surface area contributed by atoms with E-state index < -0.39 is 83.4 Å². The topological polar surface area (TPSA) is 172 Å². The Morgan fingerprint density at radius 2 is 1.57 bits per heavy atom. The molecule has 12 nitrogen and oxygen atoms in total. The van der Waals surface area contributed by atoms with Gasteiger partial charge in [0.15, 0.2) is 29.5 Å². The summed E-state index contributed by atoms with van der Waals surface area (Å²) in [6.45, 7) is 12.4.